The molecule has 0 radical (unpaired) electrons. The maximum Gasteiger partial charge on any atom is 0.322 e. The van der Waals surface area contributed by atoms with Gasteiger partial charge in [-0.25, -0.2) is 0 Å². The topological polar surface area (TPSA) is 109 Å². The van der Waals surface area contributed by atoms with Gasteiger partial charge >= 0.3 is 5.97 Å². The number of hydrogen-bond donors (Lipinski definition) is 2. The van der Waals surface area contributed by atoms with E-state index in [4.69, 9.17) is 24.1 Å². The van der Waals surface area contributed by atoms with E-state index >= 15 is 0 Å². The summed E-state index contributed by atoms with van der Waals surface area (Å²) in [7, 11) is 6.11. The fourth-order valence-electron chi connectivity index (χ4n) is 2.71. The van der Waals surface area contributed by atoms with E-state index in [1.54, 1.807) is 48.9 Å². The van der Waals surface area contributed by atoms with Crippen LogP contribution in [0.15, 0.2) is 35.7 Å². The lowest BCUT2D eigenvalue weighted by atomic mass is 10.1. The number of hydrogen-bond acceptors (Lipinski definition) is 7. The lowest BCUT2D eigenvalue weighted by Crippen LogP contribution is -2.13. The van der Waals surface area contributed by atoms with Gasteiger partial charge in [0.15, 0.2) is 0 Å². The van der Waals surface area contributed by atoms with Crippen molar-refractivity contribution in [2.24, 2.45) is 0 Å². The number of carboxylic acids is 1. The minimum absolute atomic E-state index is 0.239. The molecule has 0 saturated carbocycles. The predicted molar refractivity (Wildman–Crippen MR) is 116 cm³/mol. The zero-order valence-electron chi connectivity index (χ0n) is 17.3. The predicted octanol–water partition coefficient (Wildman–Crippen LogP) is 3.14. The van der Waals surface area contributed by atoms with Crippen LogP contribution in [0, 0.1) is 0 Å². The van der Waals surface area contributed by atoms with Crippen molar-refractivity contribution in [3.05, 3.63) is 46.9 Å². The maximum absolute atomic E-state index is 12.6. The summed E-state index contributed by atoms with van der Waals surface area (Å²) in [6.45, 7) is -0.250. The first kappa shape index (κ1) is 23.2. The fourth-order valence-corrected chi connectivity index (χ4v) is 3.60. The fraction of sp³-hybridized carbons (Fsp3) is 0.286. The van der Waals surface area contributed by atoms with Crippen molar-refractivity contribution in [2.75, 3.05) is 40.3 Å². The van der Waals surface area contributed by atoms with Crippen LogP contribution in [0.4, 0.5) is 5.69 Å². The molecule has 2 aromatic rings. The Balaban J connectivity index is 2.19. The number of nitrogens with one attached hydrogen (secondary N) is 1. The van der Waals surface area contributed by atoms with E-state index in [9.17, 15) is 9.35 Å². The van der Waals surface area contributed by atoms with Crippen molar-refractivity contribution in [3.8, 4) is 23.0 Å². The molecule has 0 saturated heterocycles. The Hall–Kier alpha value is -3.04. The molecule has 1 atom stereocenters. The van der Waals surface area contributed by atoms with Crippen molar-refractivity contribution in [1.29, 1.82) is 0 Å². The molecule has 8 nitrogen and oxygen atoms in total. The Morgan fingerprint density at radius 3 is 2.20 bits per heavy atom. The van der Waals surface area contributed by atoms with Crippen LogP contribution in [-0.4, -0.2) is 50.6 Å². The third-order valence-electron chi connectivity index (χ3n) is 4.14. The minimum atomic E-state index is -1.34. The van der Waals surface area contributed by atoms with E-state index in [0.717, 1.165) is 5.56 Å². The molecular formula is C21H25NO7S. The zero-order valence-corrected chi connectivity index (χ0v) is 18.1. The molecule has 162 valence electrons. The number of carboxylic acid groups (broad SMARTS) is 1. The molecule has 0 aliphatic carbocycles. The van der Waals surface area contributed by atoms with Crippen LogP contribution in [0.25, 0.3) is 6.08 Å². The largest absolute Gasteiger partial charge is 0.612 e. The molecule has 0 spiro atoms. The molecule has 0 heterocycles. The van der Waals surface area contributed by atoms with Crippen LogP contribution in [0.3, 0.4) is 0 Å². The summed E-state index contributed by atoms with van der Waals surface area (Å²) in [4.78, 5) is 10.8. The number of carbonyl (C=O) groups is 1. The van der Waals surface area contributed by atoms with Gasteiger partial charge in [0, 0.05) is 23.8 Å². The number of ether oxygens (including phenoxy) is 4. The summed E-state index contributed by atoms with van der Waals surface area (Å²) < 4.78 is 33.8. The average molecular weight is 435 g/mol. The van der Waals surface area contributed by atoms with E-state index < -0.39 is 17.1 Å². The molecule has 2 rings (SSSR count). The average Bonchev–Trinajstić information content (AvgIpc) is 2.75. The van der Waals surface area contributed by atoms with Gasteiger partial charge in [0.2, 0.25) is 0 Å². The number of aliphatic carboxylic acids is 1. The molecule has 0 amide bonds. The SMILES string of the molecule is COc1cc(OC)c(C=C[S+]([O-])Cc2ccc(OC)c(NCC(=O)O)c2)c(OC)c1. The first-order valence-electron chi connectivity index (χ1n) is 8.89. The quantitative estimate of drug-likeness (QED) is 0.518. The van der Waals surface area contributed by atoms with Gasteiger partial charge in [-0.3, -0.25) is 4.79 Å². The smallest absolute Gasteiger partial charge is 0.322 e. The van der Waals surface area contributed by atoms with Crippen LogP contribution < -0.4 is 24.3 Å². The van der Waals surface area contributed by atoms with Gasteiger partial charge in [0.25, 0.3) is 0 Å². The minimum Gasteiger partial charge on any atom is -0.612 e. The van der Waals surface area contributed by atoms with Crippen LogP contribution >= 0.6 is 0 Å². The Bertz CT molecular complexity index is 876. The van der Waals surface area contributed by atoms with Crippen LogP contribution in [0.2, 0.25) is 0 Å². The second-order valence-electron chi connectivity index (χ2n) is 6.06. The van der Waals surface area contributed by atoms with Crippen LogP contribution in [-0.2, 0) is 21.7 Å². The third kappa shape index (κ3) is 6.23. The van der Waals surface area contributed by atoms with E-state index in [1.807, 2.05) is 0 Å². The molecule has 30 heavy (non-hydrogen) atoms. The number of methoxy groups -OCH3 is 4. The molecule has 2 aromatic carbocycles. The molecule has 1 unspecified atom stereocenters. The van der Waals surface area contributed by atoms with Gasteiger partial charge in [-0.05, 0) is 23.3 Å². The molecule has 0 aliphatic rings. The first-order valence-corrected chi connectivity index (χ1v) is 10.3. The summed E-state index contributed by atoms with van der Waals surface area (Å²) in [5.74, 6) is 1.41. The highest BCUT2D eigenvalue weighted by Crippen LogP contribution is 2.35. The molecule has 0 bridgehead atoms. The molecule has 0 fully saturated rings. The summed E-state index contributed by atoms with van der Waals surface area (Å²) in [5.41, 5.74) is 1.94. The van der Waals surface area contributed by atoms with E-state index in [1.165, 1.54) is 21.3 Å². The third-order valence-corrected chi connectivity index (χ3v) is 5.20. The molecular weight excluding hydrogens is 410 g/mol. The second kappa shape index (κ2) is 11.2. The molecule has 9 heteroatoms. The van der Waals surface area contributed by atoms with Gasteiger partial charge in [0.05, 0.1) is 39.7 Å². The molecule has 2 N–H and O–H groups in total. The van der Waals surface area contributed by atoms with Crippen LogP contribution in [0.5, 0.6) is 23.0 Å². The van der Waals surface area contributed by atoms with Crippen molar-refractivity contribution in [2.45, 2.75) is 5.75 Å². The van der Waals surface area contributed by atoms with Gasteiger partial charge in [0.1, 0.15) is 40.7 Å². The summed E-state index contributed by atoms with van der Waals surface area (Å²) in [6, 6.07) is 8.65. The van der Waals surface area contributed by atoms with Gasteiger partial charge < -0.3 is 33.9 Å². The molecule has 0 aromatic heterocycles. The summed E-state index contributed by atoms with van der Waals surface area (Å²) in [6.07, 6.45) is 1.68. The lowest BCUT2D eigenvalue weighted by Gasteiger charge is -2.13. The van der Waals surface area contributed by atoms with E-state index in [2.05, 4.69) is 5.32 Å². The first-order chi connectivity index (χ1) is 14.4. The Kier molecular flexibility index (Phi) is 8.70. The van der Waals surface area contributed by atoms with Crippen molar-refractivity contribution in [1.82, 2.24) is 0 Å². The number of benzene rings is 2. The normalized spacial score (nSPS) is 11.8. The van der Waals surface area contributed by atoms with Gasteiger partial charge in [-0.2, -0.15) is 0 Å². The van der Waals surface area contributed by atoms with Crippen molar-refractivity contribution in [3.63, 3.8) is 0 Å². The number of anilines is 1. The van der Waals surface area contributed by atoms with Crippen molar-refractivity contribution >= 4 is 28.9 Å². The summed E-state index contributed by atoms with van der Waals surface area (Å²) in [5, 5.41) is 13.2. The van der Waals surface area contributed by atoms with Gasteiger partial charge in [-0.1, -0.05) is 6.07 Å². The second-order valence-corrected chi connectivity index (χ2v) is 7.38. The van der Waals surface area contributed by atoms with E-state index in [-0.39, 0.29) is 12.3 Å². The summed E-state index contributed by atoms with van der Waals surface area (Å²) >= 11 is -1.34. The Morgan fingerprint density at radius 1 is 1.03 bits per heavy atom. The van der Waals surface area contributed by atoms with Gasteiger partial charge in [-0.15, -0.1) is 0 Å². The zero-order chi connectivity index (χ0) is 22.1. The van der Waals surface area contributed by atoms with Crippen molar-refractivity contribution < 1.29 is 33.4 Å². The highest BCUT2D eigenvalue weighted by atomic mass is 32.2. The standard InChI is InChI=1S/C21H25NO7S/c1-26-15-10-19(28-3)16(20(11-15)29-4)7-8-30(25)13-14-5-6-18(27-2)17(9-14)22-12-21(23)24/h5-11,22H,12-13H2,1-4H3,(H,23,24). The van der Waals surface area contributed by atoms with E-state index in [0.29, 0.717) is 34.2 Å². The monoisotopic (exact) mass is 435 g/mol. The highest BCUT2D eigenvalue weighted by Gasteiger charge is 2.14. The highest BCUT2D eigenvalue weighted by molar-refractivity contribution is 7.93. The van der Waals surface area contributed by atoms with Crippen LogP contribution in [0.1, 0.15) is 11.1 Å². The number of rotatable bonds is 11. The maximum atomic E-state index is 12.6. The molecule has 0 aliphatic heterocycles. The lowest BCUT2D eigenvalue weighted by molar-refractivity contribution is -0.134. The Morgan fingerprint density at radius 2 is 1.67 bits per heavy atom. The Labute approximate surface area is 178 Å².